The number of nitrogens with one attached hydrogen (secondary N) is 1. The van der Waals surface area contributed by atoms with Crippen LogP contribution in [-0.2, 0) is 32.3 Å². The molecule has 1 aliphatic rings. The maximum Gasteiger partial charge on any atom is 0.416 e. The third-order valence-corrected chi connectivity index (χ3v) is 8.88. The van der Waals surface area contributed by atoms with Gasteiger partial charge in [0.1, 0.15) is 12.6 Å². The summed E-state index contributed by atoms with van der Waals surface area (Å²) < 4.78 is 66.1. The molecular formula is C26H29Cl3F3N3O4S. The molecule has 3 rings (SSSR count). The Labute approximate surface area is 246 Å². The van der Waals surface area contributed by atoms with Gasteiger partial charge < -0.3 is 10.2 Å². The summed E-state index contributed by atoms with van der Waals surface area (Å²) in [6.45, 7) is 0.288. The molecule has 14 heteroatoms. The van der Waals surface area contributed by atoms with Crippen molar-refractivity contribution in [1.82, 2.24) is 10.2 Å². The molecule has 7 nitrogen and oxygen atoms in total. The van der Waals surface area contributed by atoms with E-state index in [4.69, 9.17) is 34.8 Å². The first-order valence-corrected chi connectivity index (χ1v) is 15.4. The SMILES string of the molecule is C[C@@H](C(=O)NC1CCCCC1)N(Cc1c(Cl)cccc1Cl)C(=O)CN(c1cc(C(F)(F)F)ccc1Cl)S(C)(=O)=O. The molecule has 0 saturated heterocycles. The number of benzene rings is 2. The van der Waals surface area contributed by atoms with Crippen molar-refractivity contribution >= 4 is 62.3 Å². The smallest absolute Gasteiger partial charge is 0.352 e. The van der Waals surface area contributed by atoms with Crippen LogP contribution in [0.5, 0.6) is 0 Å². The zero-order chi connectivity index (χ0) is 29.8. The minimum atomic E-state index is -4.79. The Morgan fingerprint density at radius 3 is 2.17 bits per heavy atom. The molecule has 0 aromatic heterocycles. The van der Waals surface area contributed by atoms with Crippen LogP contribution < -0.4 is 9.62 Å². The first-order chi connectivity index (χ1) is 18.6. The molecule has 0 spiro atoms. The normalized spacial score (nSPS) is 15.4. The van der Waals surface area contributed by atoms with Gasteiger partial charge in [0.05, 0.1) is 22.5 Å². The fraction of sp³-hybridized carbons (Fsp3) is 0.462. The fourth-order valence-electron chi connectivity index (χ4n) is 4.48. The Morgan fingerprint density at radius 1 is 1.02 bits per heavy atom. The van der Waals surface area contributed by atoms with E-state index in [0.717, 1.165) is 49.3 Å². The molecule has 0 heterocycles. The number of carbonyl (C=O) groups is 2. The minimum absolute atomic E-state index is 0.0685. The van der Waals surface area contributed by atoms with Crippen LogP contribution >= 0.6 is 34.8 Å². The van der Waals surface area contributed by atoms with Gasteiger partial charge in [-0.25, -0.2) is 8.42 Å². The number of halogens is 6. The molecule has 220 valence electrons. The number of rotatable bonds is 9. The van der Waals surface area contributed by atoms with E-state index in [2.05, 4.69) is 5.32 Å². The highest BCUT2D eigenvalue weighted by Crippen LogP contribution is 2.36. The molecule has 1 fully saturated rings. The number of alkyl halides is 3. The highest BCUT2D eigenvalue weighted by molar-refractivity contribution is 7.92. The van der Waals surface area contributed by atoms with Crippen molar-refractivity contribution < 1.29 is 31.2 Å². The molecule has 0 radical (unpaired) electrons. The summed E-state index contributed by atoms with van der Waals surface area (Å²) in [4.78, 5) is 28.1. The predicted molar refractivity (Wildman–Crippen MR) is 150 cm³/mol. The van der Waals surface area contributed by atoms with Crippen molar-refractivity contribution in [2.45, 2.75) is 63.8 Å². The second-order valence-electron chi connectivity index (χ2n) is 9.67. The predicted octanol–water partition coefficient (Wildman–Crippen LogP) is 6.30. The van der Waals surface area contributed by atoms with Gasteiger partial charge in [0, 0.05) is 28.2 Å². The lowest BCUT2D eigenvalue weighted by molar-refractivity contribution is -0.139. The highest BCUT2D eigenvalue weighted by Gasteiger charge is 2.35. The van der Waals surface area contributed by atoms with Crippen molar-refractivity contribution in [3.8, 4) is 0 Å². The van der Waals surface area contributed by atoms with Gasteiger partial charge in [-0.3, -0.25) is 13.9 Å². The molecular weight excluding hydrogens is 614 g/mol. The molecule has 1 atom stereocenters. The molecule has 0 aliphatic heterocycles. The van der Waals surface area contributed by atoms with Crippen molar-refractivity contribution in [3.05, 3.63) is 62.6 Å². The van der Waals surface area contributed by atoms with Crippen molar-refractivity contribution in [3.63, 3.8) is 0 Å². The van der Waals surface area contributed by atoms with Gasteiger partial charge >= 0.3 is 6.18 Å². The molecule has 40 heavy (non-hydrogen) atoms. The van der Waals surface area contributed by atoms with E-state index in [0.29, 0.717) is 22.0 Å². The second-order valence-corrected chi connectivity index (χ2v) is 12.8. The molecule has 0 unspecified atom stereocenters. The third-order valence-electron chi connectivity index (χ3n) is 6.73. The number of anilines is 1. The summed E-state index contributed by atoms with van der Waals surface area (Å²) in [7, 11) is -4.31. The summed E-state index contributed by atoms with van der Waals surface area (Å²) in [6, 6.07) is 5.70. The topological polar surface area (TPSA) is 86.8 Å². The van der Waals surface area contributed by atoms with Crippen molar-refractivity contribution in [2.24, 2.45) is 0 Å². The number of hydrogen-bond donors (Lipinski definition) is 1. The number of amides is 2. The van der Waals surface area contributed by atoms with Gasteiger partial charge in [-0.15, -0.1) is 0 Å². The summed E-state index contributed by atoms with van der Waals surface area (Å²) in [5, 5.41) is 3.06. The first kappa shape index (κ1) is 32.3. The van der Waals surface area contributed by atoms with E-state index >= 15 is 0 Å². The molecule has 0 bridgehead atoms. The lowest BCUT2D eigenvalue weighted by Crippen LogP contribution is -2.53. The number of sulfonamides is 1. The van der Waals surface area contributed by atoms with Crippen LogP contribution in [0.1, 0.15) is 50.2 Å². The summed E-state index contributed by atoms with van der Waals surface area (Å²) in [5.41, 5.74) is -1.35. The van der Waals surface area contributed by atoms with E-state index < -0.39 is 51.9 Å². The molecule has 2 aromatic carbocycles. The van der Waals surface area contributed by atoms with Gasteiger partial charge in [0.15, 0.2) is 0 Å². The van der Waals surface area contributed by atoms with Crippen LogP contribution in [0.15, 0.2) is 36.4 Å². The van der Waals surface area contributed by atoms with Crippen molar-refractivity contribution in [1.29, 1.82) is 0 Å². The van der Waals surface area contributed by atoms with Crippen LogP contribution in [0, 0.1) is 0 Å². The molecule has 1 N–H and O–H groups in total. The fourth-order valence-corrected chi connectivity index (χ4v) is 6.12. The van der Waals surface area contributed by atoms with Gasteiger partial charge in [-0.05, 0) is 50.1 Å². The molecule has 1 aliphatic carbocycles. The number of nitrogens with zero attached hydrogens (tertiary/aromatic N) is 2. The lowest BCUT2D eigenvalue weighted by atomic mass is 9.95. The molecule has 1 saturated carbocycles. The van der Waals surface area contributed by atoms with Crippen molar-refractivity contribution in [2.75, 3.05) is 17.1 Å². The second kappa shape index (κ2) is 13.2. The molecule has 2 amide bonds. The first-order valence-electron chi connectivity index (χ1n) is 12.5. The number of carbonyl (C=O) groups excluding carboxylic acids is 2. The monoisotopic (exact) mass is 641 g/mol. The van der Waals surface area contributed by atoms with E-state index in [-0.39, 0.29) is 27.7 Å². The Kier molecular flexibility index (Phi) is 10.6. The maximum atomic E-state index is 13.7. The maximum absolute atomic E-state index is 13.7. The highest BCUT2D eigenvalue weighted by atomic mass is 35.5. The summed E-state index contributed by atoms with van der Waals surface area (Å²) in [6.07, 6.45) is 0.515. The average Bonchev–Trinajstić information content (AvgIpc) is 2.86. The summed E-state index contributed by atoms with van der Waals surface area (Å²) in [5.74, 6) is -1.34. The number of hydrogen-bond acceptors (Lipinski definition) is 4. The van der Waals surface area contributed by atoms with E-state index in [1.165, 1.54) is 6.92 Å². The molecule has 2 aromatic rings. The quantitative estimate of drug-likeness (QED) is 0.348. The third kappa shape index (κ3) is 8.18. The standard InChI is InChI=1S/C26H29Cl3F3N3O4S/c1-16(25(37)33-18-7-4-3-5-8-18)34(14-19-20(27)9-6-10-21(19)28)24(36)15-35(40(2,38)39)23-13-17(26(30,31)32)11-12-22(23)29/h6,9-13,16,18H,3-5,7-8,14-15H2,1-2H3,(H,33,37)/t16-/m0/s1. The van der Waals surface area contributed by atoms with E-state index in [1.54, 1.807) is 18.2 Å². The Hall–Kier alpha value is -2.21. The van der Waals surface area contributed by atoms with Crippen LogP contribution in [0.4, 0.5) is 18.9 Å². The minimum Gasteiger partial charge on any atom is -0.352 e. The van der Waals surface area contributed by atoms with Gasteiger partial charge in [0.25, 0.3) is 0 Å². The zero-order valence-electron chi connectivity index (χ0n) is 21.8. The van der Waals surface area contributed by atoms with Crippen LogP contribution in [0.25, 0.3) is 0 Å². The van der Waals surface area contributed by atoms with Gasteiger partial charge in [-0.2, -0.15) is 13.2 Å². The van der Waals surface area contributed by atoms with Gasteiger partial charge in [0.2, 0.25) is 21.8 Å². The van der Waals surface area contributed by atoms with E-state index in [9.17, 15) is 31.2 Å². The Morgan fingerprint density at radius 2 is 1.62 bits per heavy atom. The lowest BCUT2D eigenvalue weighted by Gasteiger charge is -2.33. The zero-order valence-corrected chi connectivity index (χ0v) is 24.9. The van der Waals surface area contributed by atoms with Gasteiger partial charge in [-0.1, -0.05) is 60.1 Å². The van der Waals surface area contributed by atoms with Crippen LogP contribution in [0.3, 0.4) is 0 Å². The largest absolute Gasteiger partial charge is 0.416 e. The Bertz CT molecular complexity index is 1330. The van der Waals surface area contributed by atoms with Crippen LogP contribution in [-0.4, -0.2) is 50.0 Å². The van der Waals surface area contributed by atoms with E-state index in [1.807, 2.05) is 0 Å². The van der Waals surface area contributed by atoms with Crippen LogP contribution in [0.2, 0.25) is 15.1 Å². The summed E-state index contributed by atoms with van der Waals surface area (Å²) >= 11 is 18.7. The average molecular weight is 643 g/mol. The Balaban J connectivity index is 1.99.